The number of benzene rings is 2. The largest absolute Gasteiger partial charge is 0.494 e. The normalized spacial score (nSPS) is 10.5. The van der Waals surface area contributed by atoms with E-state index in [4.69, 9.17) is 18.7 Å². The molecule has 30 heavy (non-hydrogen) atoms. The maximum Gasteiger partial charge on any atom is 0.338 e. The second kappa shape index (κ2) is 9.21. The van der Waals surface area contributed by atoms with Gasteiger partial charge in [-0.3, -0.25) is 4.79 Å². The van der Waals surface area contributed by atoms with Crippen molar-refractivity contribution in [3.8, 4) is 11.5 Å². The van der Waals surface area contributed by atoms with Gasteiger partial charge < -0.3 is 18.7 Å². The van der Waals surface area contributed by atoms with E-state index in [1.54, 1.807) is 19.1 Å². The number of hydrogen-bond donors (Lipinski definition) is 0. The quantitative estimate of drug-likeness (QED) is 0.406. The Bertz CT molecular complexity index is 1040. The predicted octanol–water partition coefficient (Wildman–Crippen LogP) is 4.06. The second-order valence-electron chi connectivity index (χ2n) is 6.46. The van der Waals surface area contributed by atoms with Crippen molar-refractivity contribution in [3.05, 3.63) is 76.4 Å². The zero-order valence-corrected chi connectivity index (χ0v) is 16.7. The number of aryl methyl sites for hydroxylation is 2. The van der Waals surface area contributed by atoms with Crippen LogP contribution in [0.5, 0.6) is 11.5 Å². The van der Waals surface area contributed by atoms with Gasteiger partial charge in [-0.25, -0.2) is 9.18 Å². The third-order valence-electron chi connectivity index (χ3n) is 4.46. The number of halogens is 1. The molecule has 2 aromatic carbocycles. The van der Waals surface area contributed by atoms with Gasteiger partial charge in [0.2, 0.25) is 0 Å². The lowest BCUT2D eigenvalue weighted by molar-refractivity contribution is 0.0474. The van der Waals surface area contributed by atoms with Crippen LogP contribution in [0.25, 0.3) is 0 Å². The van der Waals surface area contributed by atoms with Crippen molar-refractivity contribution in [2.45, 2.75) is 20.5 Å². The SMILES string of the molecule is COc1ccc(C(=O)COC(=O)c2ccc(OCc3c(C)noc3C)cc2)cc1F. The average molecular weight is 413 g/mol. The number of carbonyl (C=O) groups is 2. The number of ketones is 1. The van der Waals surface area contributed by atoms with Crippen LogP contribution in [0.4, 0.5) is 4.39 Å². The van der Waals surface area contributed by atoms with Crippen molar-refractivity contribution in [3.63, 3.8) is 0 Å². The highest BCUT2D eigenvalue weighted by Gasteiger charge is 2.15. The van der Waals surface area contributed by atoms with Gasteiger partial charge in [0.1, 0.15) is 18.1 Å². The van der Waals surface area contributed by atoms with E-state index in [0.717, 1.165) is 17.3 Å². The van der Waals surface area contributed by atoms with Crippen molar-refractivity contribution >= 4 is 11.8 Å². The van der Waals surface area contributed by atoms with Gasteiger partial charge in [-0.15, -0.1) is 0 Å². The summed E-state index contributed by atoms with van der Waals surface area (Å²) in [5.74, 6) is -0.591. The first-order valence-electron chi connectivity index (χ1n) is 9.07. The highest BCUT2D eigenvalue weighted by Crippen LogP contribution is 2.19. The van der Waals surface area contributed by atoms with E-state index in [1.807, 2.05) is 6.92 Å². The molecule has 1 heterocycles. The lowest BCUT2D eigenvalue weighted by atomic mass is 10.1. The number of rotatable bonds is 8. The molecule has 0 aliphatic rings. The maximum absolute atomic E-state index is 13.7. The molecule has 1 aromatic heterocycles. The fraction of sp³-hybridized carbons (Fsp3) is 0.227. The molecule has 0 bridgehead atoms. The van der Waals surface area contributed by atoms with Crippen LogP contribution in [0.15, 0.2) is 47.0 Å². The summed E-state index contributed by atoms with van der Waals surface area (Å²) in [5.41, 5.74) is 1.97. The Morgan fingerprint density at radius 2 is 1.77 bits per heavy atom. The standard InChI is InChI=1S/C22H20FNO6/c1-13-18(14(2)30-24-13)11-28-17-7-4-15(5-8-17)22(26)29-12-20(25)16-6-9-21(27-3)19(23)10-16/h4-10H,11-12H2,1-3H3. The van der Waals surface area contributed by atoms with Gasteiger partial charge in [-0.1, -0.05) is 5.16 Å². The smallest absolute Gasteiger partial charge is 0.338 e. The number of esters is 1. The number of nitrogens with zero attached hydrogens (tertiary/aromatic N) is 1. The van der Waals surface area contributed by atoms with Gasteiger partial charge in [0.25, 0.3) is 0 Å². The Morgan fingerprint density at radius 1 is 1.07 bits per heavy atom. The summed E-state index contributed by atoms with van der Waals surface area (Å²) < 4.78 is 34.3. The minimum atomic E-state index is -0.672. The maximum atomic E-state index is 13.7. The molecule has 0 aliphatic heterocycles. The summed E-state index contributed by atoms with van der Waals surface area (Å²) in [6.45, 7) is 3.42. The molecule has 0 amide bonds. The number of aromatic nitrogens is 1. The molecule has 0 aliphatic carbocycles. The summed E-state index contributed by atoms with van der Waals surface area (Å²) >= 11 is 0. The van der Waals surface area contributed by atoms with Crippen molar-refractivity contribution in [2.75, 3.05) is 13.7 Å². The highest BCUT2D eigenvalue weighted by molar-refractivity contribution is 5.99. The van der Waals surface area contributed by atoms with Gasteiger partial charge >= 0.3 is 5.97 Å². The molecule has 7 nitrogen and oxygen atoms in total. The Labute approximate surface area is 172 Å². The topological polar surface area (TPSA) is 87.9 Å². The molecule has 0 unspecified atom stereocenters. The molecular weight excluding hydrogens is 393 g/mol. The van der Waals surface area contributed by atoms with Crippen LogP contribution in [0, 0.1) is 19.7 Å². The minimum Gasteiger partial charge on any atom is -0.494 e. The molecule has 0 radical (unpaired) electrons. The summed E-state index contributed by atoms with van der Waals surface area (Å²) in [5, 5.41) is 3.86. The van der Waals surface area contributed by atoms with E-state index in [0.29, 0.717) is 11.5 Å². The van der Waals surface area contributed by atoms with Crippen LogP contribution < -0.4 is 9.47 Å². The Hall–Kier alpha value is -3.68. The number of methoxy groups -OCH3 is 1. The molecule has 8 heteroatoms. The second-order valence-corrected chi connectivity index (χ2v) is 6.46. The van der Waals surface area contributed by atoms with Gasteiger partial charge in [0.15, 0.2) is 24.0 Å². The van der Waals surface area contributed by atoms with Gasteiger partial charge in [0, 0.05) is 5.56 Å². The summed E-state index contributed by atoms with van der Waals surface area (Å²) in [4.78, 5) is 24.3. The molecule has 0 N–H and O–H groups in total. The minimum absolute atomic E-state index is 0.0280. The first-order valence-corrected chi connectivity index (χ1v) is 9.07. The molecule has 0 fully saturated rings. The number of Topliss-reactive ketones (excluding diaryl/α,β-unsaturated/α-hetero) is 1. The van der Waals surface area contributed by atoms with E-state index < -0.39 is 24.2 Å². The van der Waals surface area contributed by atoms with Crippen molar-refractivity contribution in [2.24, 2.45) is 0 Å². The Morgan fingerprint density at radius 3 is 2.37 bits per heavy atom. The average Bonchev–Trinajstić information content (AvgIpc) is 3.07. The third-order valence-corrected chi connectivity index (χ3v) is 4.46. The summed E-state index contributed by atoms with van der Waals surface area (Å²) in [6.07, 6.45) is 0. The lowest BCUT2D eigenvalue weighted by Gasteiger charge is -2.08. The number of carbonyl (C=O) groups excluding carboxylic acids is 2. The molecule has 3 aromatic rings. The summed E-state index contributed by atoms with van der Waals surface area (Å²) in [7, 11) is 1.33. The van der Waals surface area contributed by atoms with E-state index in [9.17, 15) is 14.0 Å². The van der Waals surface area contributed by atoms with Gasteiger partial charge in [-0.2, -0.15) is 0 Å². The van der Waals surface area contributed by atoms with E-state index in [-0.39, 0.29) is 23.5 Å². The van der Waals surface area contributed by atoms with Crippen LogP contribution in [0.3, 0.4) is 0 Å². The van der Waals surface area contributed by atoms with E-state index in [1.165, 1.54) is 31.4 Å². The van der Waals surface area contributed by atoms with Crippen LogP contribution in [-0.2, 0) is 11.3 Å². The van der Waals surface area contributed by atoms with Crippen molar-refractivity contribution < 1.29 is 32.7 Å². The zero-order valence-electron chi connectivity index (χ0n) is 16.7. The van der Waals surface area contributed by atoms with Crippen molar-refractivity contribution in [1.29, 1.82) is 0 Å². The zero-order chi connectivity index (χ0) is 21.7. The molecule has 156 valence electrons. The van der Waals surface area contributed by atoms with Crippen LogP contribution in [-0.4, -0.2) is 30.6 Å². The number of ether oxygens (including phenoxy) is 3. The lowest BCUT2D eigenvalue weighted by Crippen LogP contribution is -2.14. The fourth-order valence-corrected chi connectivity index (χ4v) is 2.69. The van der Waals surface area contributed by atoms with Crippen LogP contribution in [0.1, 0.15) is 37.7 Å². The Balaban J connectivity index is 1.54. The Kier molecular flexibility index (Phi) is 6.46. The van der Waals surface area contributed by atoms with E-state index >= 15 is 0 Å². The molecule has 0 spiro atoms. The van der Waals surface area contributed by atoms with Crippen molar-refractivity contribution in [1.82, 2.24) is 5.16 Å². The highest BCUT2D eigenvalue weighted by atomic mass is 19.1. The molecular formula is C22H20FNO6. The van der Waals surface area contributed by atoms with Gasteiger partial charge in [0.05, 0.1) is 23.9 Å². The summed E-state index contributed by atoms with van der Waals surface area (Å²) in [6, 6.07) is 10.1. The molecule has 0 atom stereocenters. The monoisotopic (exact) mass is 413 g/mol. The van der Waals surface area contributed by atoms with Gasteiger partial charge in [-0.05, 0) is 56.3 Å². The molecule has 0 saturated carbocycles. The predicted molar refractivity (Wildman–Crippen MR) is 104 cm³/mol. The molecule has 3 rings (SSSR count). The third kappa shape index (κ3) is 4.83. The molecule has 0 saturated heterocycles. The fourth-order valence-electron chi connectivity index (χ4n) is 2.69. The number of hydrogen-bond acceptors (Lipinski definition) is 7. The van der Waals surface area contributed by atoms with Crippen LogP contribution >= 0.6 is 0 Å². The van der Waals surface area contributed by atoms with E-state index in [2.05, 4.69) is 5.16 Å². The first-order chi connectivity index (χ1) is 14.4. The first kappa shape index (κ1) is 21.0. The van der Waals surface area contributed by atoms with Crippen LogP contribution in [0.2, 0.25) is 0 Å².